The maximum absolute atomic E-state index is 4.19. The van der Waals surface area contributed by atoms with Crippen LogP contribution in [0.15, 0.2) is 17.8 Å². The standard InChI is InChI=1S/C8H9BrN4S/c9-2-1-7-5-13(12-11-7)6-8-10-3-4-14-8/h3-5H,1-2,6H2. The number of alkyl halides is 1. The average Bonchev–Trinajstić information content (AvgIpc) is 2.79. The van der Waals surface area contributed by atoms with E-state index in [0.29, 0.717) is 6.54 Å². The number of hydrogen-bond donors (Lipinski definition) is 0. The first-order valence-electron chi connectivity index (χ1n) is 4.22. The Morgan fingerprint density at radius 2 is 2.43 bits per heavy atom. The van der Waals surface area contributed by atoms with Crippen LogP contribution in [-0.2, 0) is 13.0 Å². The normalized spacial score (nSPS) is 10.6. The molecule has 0 aliphatic carbocycles. The van der Waals surface area contributed by atoms with Crippen LogP contribution in [0, 0.1) is 0 Å². The lowest BCUT2D eigenvalue weighted by atomic mass is 10.4. The van der Waals surface area contributed by atoms with Gasteiger partial charge in [0.25, 0.3) is 0 Å². The second-order valence-electron chi connectivity index (χ2n) is 2.77. The van der Waals surface area contributed by atoms with E-state index in [2.05, 4.69) is 31.2 Å². The summed E-state index contributed by atoms with van der Waals surface area (Å²) < 4.78 is 1.82. The summed E-state index contributed by atoms with van der Waals surface area (Å²) in [6.45, 7) is 0.715. The molecule has 4 nitrogen and oxygen atoms in total. The second-order valence-corrected chi connectivity index (χ2v) is 4.54. The van der Waals surface area contributed by atoms with E-state index in [0.717, 1.165) is 22.5 Å². The predicted octanol–water partition coefficient (Wildman–Crippen LogP) is 1.72. The molecule has 2 heterocycles. The molecule has 2 aromatic heterocycles. The molecule has 74 valence electrons. The second kappa shape index (κ2) is 4.65. The molecular formula is C8H9BrN4S. The summed E-state index contributed by atoms with van der Waals surface area (Å²) in [5.41, 5.74) is 1.01. The summed E-state index contributed by atoms with van der Waals surface area (Å²) in [5, 5.41) is 12.0. The van der Waals surface area contributed by atoms with E-state index in [4.69, 9.17) is 0 Å². The van der Waals surface area contributed by atoms with Gasteiger partial charge in [-0.3, -0.25) is 0 Å². The summed E-state index contributed by atoms with van der Waals surface area (Å²) in [7, 11) is 0. The molecule has 0 radical (unpaired) electrons. The molecule has 14 heavy (non-hydrogen) atoms. The van der Waals surface area contributed by atoms with Gasteiger partial charge in [0.05, 0.1) is 12.2 Å². The molecule has 0 spiro atoms. The van der Waals surface area contributed by atoms with Crippen LogP contribution in [0.2, 0.25) is 0 Å². The van der Waals surface area contributed by atoms with Gasteiger partial charge in [-0.25, -0.2) is 9.67 Å². The highest BCUT2D eigenvalue weighted by Gasteiger charge is 2.01. The maximum Gasteiger partial charge on any atom is 0.114 e. The number of aromatic nitrogens is 4. The van der Waals surface area contributed by atoms with Crippen molar-refractivity contribution in [3.05, 3.63) is 28.5 Å². The number of hydrogen-bond acceptors (Lipinski definition) is 4. The Kier molecular flexibility index (Phi) is 3.26. The molecule has 0 aromatic carbocycles. The quantitative estimate of drug-likeness (QED) is 0.797. The van der Waals surface area contributed by atoms with Crippen LogP contribution in [-0.4, -0.2) is 25.3 Å². The van der Waals surface area contributed by atoms with Crippen molar-refractivity contribution in [3.63, 3.8) is 0 Å². The van der Waals surface area contributed by atoms with Crippen molar-refractivity contribution >= 4 is 27.3 Å². The van der Waals surface area contributed by atoms with Gasteiger partial charge in [0.15, 0.2) is 0 Å². The van der Waals surface area contributed by atoms with Gasteiger partial charge in [0.2, 0.25) is 0 Å². The number of rotatable bonds is 4. The highest BCUT2D eigenvalue weighted by atomic mass is 79.9. The summed E-state index contributed by atoms with van der Waals surface area (Å²) >= 11 is 5.00. The summed E-state index contributed by atoms with van der Waals surface area (Å²) in [5.74, 6) is 0. The van der Waals surface area contributed by atoms with Crippen molar-refractivity contribution in [2.24, 2.45) is 0 Å². The lowest BCUT2D eigenvalue weighted by Gasteiger charge is -1.93. The number of halogens is 1. The van der Waals surface area contributed by atoms with E-state index in [1.807, 2.05) is 16.3 Å². The third kappa shape index (κ3) is 2.39. The first kappa shape index (κ1) is 9.79. The zero-order valence-electron chi connectivity index (χ0n) is 7.43. The van der Waals surface area contributed by atoms with Crippen molar-refractivity contribution in [3.8, 4) is 0 Å². The Hall–Kier alpha value is -0.750. The van der Waals surface area contributed by atoms with Gasteiger partial charge < -0.3 is 0 Å². The highest BCUT2D eigenvalue weighted by molar-refractivity contribution is 9.09. The Morgan fingerprint density at radius 1 is 1.50 bits per heavy atom. The lowest BCUT2D eigenvalue weighted by Crippen LogP contribution is -1.99. The molecule has 0 unspecified atom stereocenters. The molecule has 2 rings (SSSR count). The first-order valence-corrected chi connectivity index (χ1v) is 6.22. The van der Waals surface area contributed by atoms with Crippen molar-refractivity contribution < 1.29 is 0 Å². The molecule has 0 saturated heterocycles. The largest absolute Gasteiger partial charge is 0.248 e. The third-order valence-electron chi connectivity index (χ3n) is 1.72. The summed E-state index contributed by atoms with van der Waals surface area (Å²) in [6.07, 6.45) is 4.68. The lowest BCUT2D eigenvalue weighted by molar-refractivity contribution is 0.646. The average molecular weight is 273 g/mol. The van der Waals surface area contributed by atoms with E-state index in [1.165, 1.54) is 0 Å². The summed E-state index contributed by atoms with van der Waals surface area (Å²) in [4.78, 5) is 4.19. The first-order chi connectivity index (χ1) is 6.88. The van der Waals surface area contributed by atoms with Crippen molar-refractivity contribution in [1.29, 1.82) is 0 Å². The molecule has 2 aromatic rings. The van der Waals surface area contributed by atoms with Gasteiger partial charge in [0, 0.05) is 29.5 Å². The van der Waals surface area contributed by atoms with Crippen molar-refractivity contribution in [2.75, 3.05) is 5.33 Å². The van der Waals surface area contributed by atoms with Gasteiger partial charge in [0.1, 0.15) is 5.01 Å². The van der Waals surface area contributed by atoms with Gasteiger partial charge in [-0.15, -0.1) is 16.4 Å². The van der Waals surface area contributed by atoms with Gasteiger partial charge in [-0.05, 0) is 0 Å². The van der Waals surface area contributed by atoms with E-state index in [9.17, 15) is 0 Å². The van der Waals surface area contributed by atoms with Crippen molar-refractivity contribution in [1.82, 2.24) is 20.0 Å². The topological polar surface area (TPSA) is 43.6 Å². The molecule has 0 amide bonds. The summed E-state index contributed by atoms with van der Waals surface area (Å²) in [6, 6.07) is 0. The molecule has 0 N–H and O–H groups in total. The molecule has 6 heteroatoms. The Morgan fingerprint density at radius 3 is 3.14 bits per heavy atom. The minimum absolute atomic E-state index is 0.715. The molecule has 0 atom stereocenters. The zero-order chi connectivity index (χ0) is 9.80. The Labute approximate surface area is 94.1 Å². The predicted molar refractivity (Wildman–Crippen MR) is 58.7 cm³/mol. The zero-order valence-corrected chi connectivity index (χ0v) is 9.83. The van der Waals surface area contributed by atoms with Crippen molar-refractivity contribution in [2.45, 2.75) is 13.0 Å². The molecule has 0 saturated carbocycles. The monoisotopic (exact) mass is 272 g/mol. The Balaban J connectivity index is 2.03. The van der Waals surface area contributed by atoms with Crippen LogP contribution in [0.3, 0.4) is 0 Å². The fourth-order valence-corrected chi connectivity index (χ4v) is 2.11. The smallest absolute Gasteiger partial charge is 0.114 e. The molecule has 0 aliphatic rings. The third-order valence-corrected chi connectivity index (χ3v) is 2.88. The molecule has 0 aliphatic heterocycles. The minimum atomic E-state index is 0.715. The van der Waals surface area contributed by atoms with Gasteiger partial charge in [-0.1, -0.05) is 21.1 Å². The van der Waals surface area contributed by atoms with Crippen LogP contribution in [0.1, 0.15) is 10.7 Å². The Bertz CT molecular complexity index is 384. The highest BCUT2D eigenvalue weighted by Crippen LogP contribution is 2.06. The SMILES string of the molecule is BrCCc1cn(Cc2nccs2)nn1. The van der Waals surface area contributed by atoms with Crippen LogP contribution in [0.4, 0.5) is 0 Å². The number of nitrogens with zero attached hydrogens (tertiary/aromatic N) is 4. The van der Waals surface area contributed by atoms with E-state index in [1.54, 1.807) is 17.5 Å². The minimum Gasteiger partial charge on any atom is -0.248 e. The van der Waals surface area contributed by atoms with Crippen LogP contribution in [0.25, 0.3) is 0 Å². The van der Waals surface area contributed by atoms with Gasteiger partial charge >= 0.3 is 0 Å². The molecular weight excluding hydrogens is 264 g/mol. The molecule has 0 fully saturated rings. The maximum atomic E-state index is 4.19. The van der Waals surface area contributed by atoms with E-state index < -0.39 is 0 Å². The fourth-order valence-electron chi connectivity index (χ4n) is 1.10. The van der Waals surface area contributed by atoms with Crippen LogP contribution < -0.4 is 0 Å². The fraction of sp³-hybridized carbons (Fsp3) is 0.375. The number of aryl methyl sites for hydroxylation is 1. The number of thiazole rings is 1. The molecule has 0 bridgehead atoms. The van der Waals surface area contributed by atoms with Gasteiger partial charge in [-0.2, -0.15) is 0 Å². The van der Waals surface area contributed by atoms with E-state index in [-0.39, 0.29) is 0 Å². The van der Waals surface area contributed by atoms with Crippen LogP contribution >= 0.6 is 27.3 Å². The van der Waals surface area contributed by atoms with Crippen LogP contribution in [0.5, 0.6) is 0 Å². The van der Waals surface area contributed by atoms with E-state index >= 15 is 0 Å².